The lowest BCUT2D eigenvalue weighted by Gasteiger charge is -2.27. The first kappa shape index (κ1) is 7.54. The second-order valence-electron chi connectivity index (χ2n) is 3.63. The predicted octanol–water partition coefficient (Wildman–Crippen LogP) is 2.05. The zero-order chi connectivity index (χ0) is 8.67. The first-order valence-electron chi connectivity index (χ1n) is 4.76. The Balaban J connectivity index is 2.06. The summed E-state index contributed by atoms with van der Waals surface area (Å²) in [7, 11) is 0. The molecule has 2 unspecified atom stereocenters. The first-order valence-corrected chi connectivity index (χ1v) is 4.76. The van der Waals surface area contributed by atoms with Crippen LogP contribution < -0.4 is 0 Å². The van der Waals surface area contributed by atoms with Crippen LogP contribution in [0, 0.1) is 0 Å². The van der Waals surface area contributed by atoms with Crippen molar-refractivity contribution >= 4 is 0 Å². The van der Waals surface area contributed by atoms with Crippen LogP contribution in [0.2, 0.25) is 0 Å². The van der Waals surface area contributed by atoms with E-state index in [1.807, 2.05) is 0 Å². The fourth-order valence-corrected chi connectivity index (χ4v) is 2.17. The third-order valence-electron chi connectivity index (χ3n) is 2.85. The van der Waals surface area contributed by atoms with Crippen LogP contribution in [0.15, 0.2) is 24.3 Å². The highest BCUT2D eigenvalue weighted by atomic mass is 16.6. The minimum absolute atomic E-state index is 0.199. The molecule has 3 rings (SSSR count). The Hall–Kier alpha value is -0.860. The van der Waals surface area contributed by atoms with Crippen LogP contribution in [0.4, 0.5) is 0 Å². The number of fused-ring (bicyclic) bond motifs is 3. The van der Waals surface area contributed by atoms with Gasteiger partial charge in [0.05, 0.1) is 19.3 Å². The van der Waals surface area contributed by atoms with Crippen LogP contribution in [0.25, 0.3) is 0 Å². The maximum Gasteiger partial charge on any atom is 0.109 e. The van der Waals surface area contributed by atoms with Crippen LogP contribution >= 0.6 is 0 Å². The van der Waals surface area contributed by atoms with Crippen LogP contribution in [0.3, 0.4) is 0 Å². The summed E-state index contributed by atoms with van der Waals surface area (Å²) in [5, 5.41) is 0. The van der Waals surface area contributed by atoms with Gasteiger partial charge in [-0.15, -0.1) is 0 Å². The zero-order valence-corrected chi connectivity index (χ0v) is 7.40. The zero-order valence-electron chi connectivity index (χ0n) is 7.40. The lowest BCUT2D eigenvalue weighted by atomic mass is 9.96. The highest BCUT2D eigenvalue weighted by molar-refractivity contribution is 5.31. The summed E-state index contributed by atoms with van der Waals surface area (Å²) >= 11 is 0. The van der Waals surface area contributed by atoms with Gasteiger partial charge >= 0.3 is 0 Å². The molecular weight excluding hydrogens is 164 g/mol. The van der Waals surface area contributed by atoms with Crippen molar-refractivity contribution in [2.45, 2.75) is 25.2 Å². The second kappa shape index (κ2) is 2.82. The highest BCUT2D eigenvalue weighted by Gasteiger charge is 2.34. The van der Waals surface area contributed by atoms with E-state index in [4.69, 9.17) is 9.47 Å². The smallest absolute Gasteiger partial charge is 0.109 e. The molecule has 0 N–H and O–H groups in total. The normalized spacial score (nSPS) is 31.1. The SMILES string of the molecule is c1ccc2c(c1)COC1CCOC21. The monoisotopic (exact) mass is 176 g/mol. The largest absolute Gasteiger partial charge is 0.371 e. The average molecular weight is 176 g/mol. The lowest BCUT2D eigenvalue weighted by Crippen LogP contribution is -2.23. The van der Waals surface area contributed by atoms with Gasteiger partial charge in [0.1, 0.15) is 6.10 Å². The molecule has 1 aromatic carbocycles. The molecule has 0 bridgehead atoms. The molecule has 68 valence electrons. The Morgan fingerprint density at radius 2 is 2.08 bits per heavy atom. The third kappa shape index (κ3) is 1.10. The van der Waals surface area contributed by atoms with Gasteiger partial charge in [0.15, 0.2) is 0 Å². The van der Waals surface area contributed by atoms with Crippen molar-refractivity contribution in [2.24, 2.45) is 0 Å². The van der Waals surface area contributed by atoms with Gasteiger partial charge in [0.25, 0.3) is 0 Å². The van der Waals surface area contributed by atoms with Crippen LogP contribution in [-0.4, -0.2) is 12.7 Å². The van der Waals surface area contributed by atoms with Gasteiger partial charge < -0.3 is 9.47 Å². The molecule has 0 spiro atoms. The highest BCUT2D eigenvalue weighted by Crippen LogP contribution is 2.37. The van der Waals surface area contributed by atoms with E-state index in [1.54, 1.807) is 0 Å². The molecule has 13 heavy (non-hydrogen) atoms. The maximum absolute atomic E-state index is 5.70. The van der Waals surface area contributed by atoms with Crippen molar-refractivity contribution in [3.63, 3.8) is 0 Å². The molecule has 0 aliphatic carbocycles. The van der Waals surface area contributed by atoms with E-state index in [0.29, 0.717) is 6.10 Å². The lowest BCUT2D eigenvalue weighted by molar-refractivity contribution is -0.0348. The van der Waals surface area contributed by atoms with E-state index < -0.39 is 0 Å². The molecule has 2 atom stereocenters. The van der Waals surface area contributed by atoms with Crippen LogP contribution in [0.1, 0.15) is 23.7 Å². The summed E-state index contributed by atoms with van der Waals surface area (Å²) in [5.41, 5.74) is 2.61. The molecule has 2 nitrogen and oxygen atoms in total. The Labute approximate surface area is 77.5 Å². The fraction of sp³-hybridized carbons (Fsp3) is 0.455. The molecule has 2 aliphatic heterocycles. The van der Waals surface area contributed by atoms with E-state index in [0.717, 1.165) is 19.6 Å². The molecule has 0 amide bonds. The summed E-state index contributed by atoms with van der Waals surface area (Å²) < 4.78 is 11.4. The number of benzene rings is 1. The van der Waals surface area contributed by atoms with Gasteiger partial charge in [-0.3, -0.25) is 0 Å². The van der Waals surface area contributed by atoms with E-state index in [2.05, 4.69) is 24.3 Å². The van der Waals surface area contributed by atoms with Gasteiger partial charge in [0, 0.05) is 0 Å². The summed E-state index contributed by atoms with van der Waals surface area (Å²) in [4.78, 5) is 0. The molecule has 2 heteroatoms. The van der Waals surface area contributed by atoms with Crippen molar-refractivity contribution in [2.75, 3.05) is 6.61 Å². The Morgan fingerprint density at radius 1 is 1.15 bits per heavy atom. The topological polar surface area (TPSA) is 18.5 Å². The van der Waals surface area contributed by atoms with Gasteiger partial charge in [-0.1, -0.05) is 24.3 Å². The Bertz CT molecular complexity index is 322. The first-order chi connectivity index (χ1) is 6.45. The van der Waals surface area contributed by atoms with Crippen molar-refractivity contribution in [1.82, 2.24) is 0 Å². The molecule has 1 saturated heterocycles. The number of rotatable bonds is 0. The molecule has 2 heterocycles. The van der Waals surface area contributed by atoms with Crippen molar-refractivity contribution < 1.29 is 9.47 Å². The fourth-order valence-electron chi connectivity index (χ4n) is 2.17. The Kier molecular flexibility index (Phi) is 1.64. The summed E-state index contributed by atoms with van der Waals surface area (Å²) in [6.07, 6.45) is 1.54. The minimum Gasteiger partial charge on any atom is -0.371 e. The molecule has 0 saturated carbocycles. The Morgan fingerprint density at radius 3 is 3.08 bits per heavy atom. The molecular formula is C11H12O2. The summed E-state index contributed by atoms with van der Waals surface area (Å²) in [6, 6.07) is 8.40. The van der Waals surface area contributed by atoms with Gasteiger partial charge in [0.2, 0.25) is 0 Å². The van der Waals surface area contributed by atoms with Crippen LogP contribution in [0.5, 0.6) is 0 Å². The molecule has 0 aromatic heterocycles. The van der Waals surface area contributed by atoms with E-state index >= 15 is 0 Å². The third-order valence-corrected chi connectivity index (χ3v) is 2.85. The summed E-state index contributed by atoms with van der Waals surface area (Å²) in [6.45, 7) is 1.59. The average Bonchev–Trinajstić information content (AvgIpc) is 2.65. The van der Waals surface area contributed by atoms with E-state index in [-0.39, 0.29) is 6.10 Å². The quantitative estimate of drug-likeness (QED) is 0.602. The standard InChI is InChI=1S/C11H12O2/c1-2-4-9-8(3-1)7-13-10-5-6-12-11(9)10/h1-4,10-11H,5-7H2. The van der Waals surface area contributed by atoms with Gasteiger partial charge in [-0.2, -0.15) is 0 Å². The van der Waals surface area contributed by atoms with Gasteiger partial charge in [-0.25, -0.2) is 0 Å². The summed E-state index contributed by atoms with van der Waals surface area (Å²) in [5.74, 6) is 0. The van der Waals surface area contributed by atoms with Crippen molar-refractivity contribution in [3.05, 3.63) is 35.4 Å². The maximum atomic E-state index is 5.70. The second-order valence-corrected chi connectivity index (χ2v) is 3.63. The van der Waals surface area contributed by atoms with Crippen molar-refractivity contribution in [1.29, 1.82) is 0 Å². The molecule has 2 aliphatic rings. The minimum atomic E-state index is 0.199. The number of ether oxygens (including phenoxy) is 2. The van der Waals surface area contributed by atoms with Crippen LogP contribution in [-0.2, 0) is 16.1 Å². The molecule has 1 fully saturated rings. The van der Waals surface area contributed by atoms with E-state index in [1.165, 1.54) is 11.1 Å². The number of hydrogen-bond donors (Lipinski definition) is 0. The van der Waals surface area contributed by atoms with Crippen molar-refractivity contribution in [3.8, 4) is 0 Å². The molecule has 0 radical (unpaired) electrons. The molecule has 1 aromatic rings. The number of hydrogen-bond acceptors (Lipinski definition) is 2. The van der Waals surface area contributed by atoms with E-state index in [9.17, 15) is 0 Å². The predicted molar refractivity (Wildman–Crippen MR) is 48.3 cm³/mol. The van der Waals surface area contributed by atoms with Gasteiger partial charge in [-0.05, 0) is 17.5 Å².